The van der Waals surface area contributed by atoms with Gasteiger partial charge >= 0.3 is 0 Å². The van der Waals surface area contributed by atoms with Gasteiger partial charge in [0.05, 0.1) is 11.4 Å². The Hall–Kier alpha value is -1.76. The van der Waals surface area contributed by atoms with Crippen molar-refractivity contribution in [3.05, 3.63) is 59.7 Å². The maximum atomic E-state index is 4.64. The number of hydrogen-bond acceptors (Lipinski definition) is 0. The van der Waals surface area contributed by atoms with Crippen molar-refractivity contribution in [1.29, 1.82) is 0 Å². The van der Waals surface area contributed by atoms with E-state index in [1.54, 1.807) is 0 Å². The lowest BCUT2D eigenvalue weighted by Crippen LogP contribution is -1.92. The molecule has 1 radical (unpaired) electrons. The van der Waals surface area contributed by atoms with E-state index in [9.17, 15) is 0 Å². The quantitative estimate of drug-likeness (QED) is 0.682. The fourth-order valence-corrected chi connectivity index (χ4v) is 2.02. The molecule has 19 heavy (non-hydrogen) atoms. The SMILES string of the molecule is CC(C)c1ccc([N]c2ccc(C(C)C)cc2)cc1. The first-order valence-electron chi connectivity index (χ1n) is 6.98. The molecule has 1 heteroatoms. The van der Waals surface area contributed by atoms with Crippen LogP contribution in [0.2, 0.25) is 0 Å². The molecule has 0 fully saturated rings. The average molecular weight is 252 g/mol. The molecule has 0 atom stereocenters. The minimum absolute atomic E-state index is 0.569. The fourth-order valence-electron chi connectivity index (χ4n) is 2.02. The van der Waals surface area contributed by atoms with Crippen LogP contribution in [-0.2, 0) is 0 Å². The summed E-state index contributed by atoms with van der Waals surface area (Å²) in [6.07, 6.45) is 0. The predicted octanol–water partition coefficient (Wildman–Crippen LogP) is 5.50. The Balaban J connectivity index is 2.08. The maximum absolute atomic E-state index is 4.64. The van der Waals surface area contributed by atoms with Crippen LogP contribution in [0, 0.1) is 0 Å². The summed E-state index contributed by atoms with van der Waals surface area (Å²) in [6.45, 7) is 8.82. The molecule has 0 amide bonds. The van der Waals surface area contributed by atoms with E-state index < -0.39 is 0 Å². The van der Waals surface area contributed by atoms with Crippen molar-refractivity contribution in [3.8, 4) is 0 Å². The minimum Gasteiger partial charge on any atom is -0.249 e. The average Bonchev–Trinajstić information content (AvgIpc) is 2.40. The Morgan fingerprint density at radius 1 is 0.579 bits per heavy atom. The van der Waals surface area contributed by atoms with Crippen molar-refractivity contribution in [2.75, 3.05) is 0 Å². The van der Waals surface area contributed by atoms with Gasteiger partial charge in [-0.2, -0.15) is 0 Å². The van der Waals surface area contributed by atoms with E-state index in [2.05, 4.69) is 81.5 Å². The van der Waals surface area contributed by atoms with Crippen LogP contribution < -0.4 is 5.32 Å². The summed E-state index contributed by atoms with van der Waals surface area (Å²) in [5, 5.41) is 4.64. The monoisotopic (exact) mass is 252 g/mol. The molecule has 0 aliphatic heterocycles. The van der Waals surface area contributed by atoms with Gasteiger partial charge in [-0.05, 0) is 47.2 Å². The summed E-state index contributed by atoms with van der Waals surface area (Å²) in [5.41, 5.74) is 4.74. The summed E-state index contributed by atoms with van der Waals surface area (Å²) in [4.78, 5) is 0. The zero-order chi connectivity index (χ0) is 13.8. The van der Waals surface area contributed by atoms with Gasteiger partial charge in [-0.1, -0.05) is 52.0 Å². The second kappa shape index (κ2) is 5.92. The van der Waals surface area contributed by atoms with Crippen molar-refractivity contribution in [2.24, 2.45) is 0 Å². The van der Waals surface area contributed by atoms with Gasteiger partial charge in [0, 0.05) is 0 Å². The van der Waals surface area contributed by atoms with Crippen LogP contribution in [0.3, 0.4) is 0 Å². The third kappa shape index (κ3) is 3.60. The molecule has 1 nitrogen and oxygen atoms in total. The van der Waals surface area contributed by atoms with E-state index in [1.807, 2.05) is 0 Å². The normalized spacial score (nSPS) is 11.1. The van der Waals surface area contributed by atoms with Crippen molar-refractivity contribution >= 4 is 11.4 Å². The number of rotatable bonds is 4. The molecule has 2 rings (SSSR count). The first-order valence-corrected chi connectivity index (χ1v) is 6.98. The van der Waals surface area contributed by atoms with Gasteiger partial charge in [-0.25, -0.2) is 5.32 Å². The van der Waals surface area contributed by atoms with Gasteiger partial charge in [0.1, 0.15) is 0 Å². The maximum Gasteiger partial charge on any atom is 0.0637 e. The molecule has 0 aliphatic carbocycles. The van der Waals surface area contributed by atoms with E-state index in [-0.39, 0.29) is 0 Å². The third-order valence-electron chi connectivity index (χ3n) is 3.38. The highest BCUT2D eigenvalue weighted by molar-refractivity contribution is 5.50. The van der Waals surface area contributed by atoms with Crippen molar-refractivity contribution in [2.45, 2.75) is 39.5 Å². The van der Waals surface area contributed by atoms with E-state index in [4.69, 9.17) is 0 Å². The fraction of sp³-hybridized carbons (Fsp3) is 0.333. The first-order chi connectivity index (χ1) is 9.06. The van der Waals surface area contributed by atoms with Crippen molar-refractivity contribution in [1.82, 2.24) is 5.32 Å². The summed E-state index contributed by atoms with van der Waals surface area (Å²) in [6, 6.07) is 17.0. The van der Waals surface area contributed by atoms with Gasteiger partial charge in [-0.3, -0.25) is 0 Å². The summed E-state index contributed by atoms with van der Waals surface area (Å²) in [7, 11) is 0. The summed E-state index contributed by atoms with van der Waals surface area (Å²) in [5.74, 6) is 1.14. The Kier molecular flexibility index (Phi) is 4.26. The van der Waals surface area contributed by atoms with Crippen molar-refractivity contribution in [3.63, 3.8) is 0 Å². The molecular weight excluding hydrogens is 230 g/mol. The topological polar surface area (TPSA) is 14.1 Å². The summed E-state index contributed by atoms with van der Waals surface area (Å²) < 4.78 is 0. The Labute approximate surface area is 116 Å². The van der Waals surface area contributed by atoms with Crippen LogP contribution >= 0.6 is 0 Å². The molecule has 0 bridgehead atoms. The van der Waals surface area contributed by atoms with Crippen LogP contribution in [0.15, 0.2) is 48.5 Å². The third-order valence-corrected chi connectivity index (χ3v) is 3.38. The predicted molar refractivity (Wildman–Crippen MR) is 82.5 cm³/mol. The van der Waals surface area contributed by atoms with Crippen molar-refractivity contribution < 1.29 is 0 Å². The molecule has 2 aromatic rings. The van der Waals surface area contributed by atoms with Gasteiger partial charge in [0.2, 0.25) is 0 Å². The molecule has 0 N–H and O–H groups in total. The van der Waals surface area contributed by atoms with Gasteiger partial charge in [-0.15, -0.1) is 0 Å². The van der Waals surface area contributed by atoms with E-state index in [1.165, 1.54) is 11.1 Å². The Morgan fingerprint density at radius 2 is 0.895 bits per heavy atom. The highest BCUT2D eigenvalue weighted by Crippen LogP contribution is 2.22. The zero-order valence-electron chi connectivity index (χ0n) is 12.2. The molecule has 0 heterocycles. The summed E-state index contributed by atoms with van der Waals surface area (Å²) >= 11 is 0. The lowest BCUT2D eigenvalue weighted by Gasteiger charge is -2.09. The van der Waals surface area contributed by atoms with Crippen LogP contribution in [0.25, 0.3) is 0 Å². The standard InChI is InChI=1S/C18H22N/c1-13(2)15-5-9-17(10-6-15)19-18-11-7-16(8-12-18)14(3)4/h5-14H,1-4H3. The molecule has 99 valence electrons. The number of nitrogens with zero attached hydrogens (tertiary/aromatic N) is 1. The van der Waals surface area contributed by atoms with Crippen LogP contribution in [-0.4, -0.2) is 0 Å². The van der Waals surface area contributed by atoms with Gasteiger partial charge in [0.25, 0.3) is 0 Å². The molecule has 0 spiro atoms. The second-order valence-corrected chi connectivity index (χ2v) is 5.60. The molecule has 0 saturated heterocycles. The highest BCUT2D eigenvalue weighted by Gasteiger charge is 2.02. The van der Waals surface area contributed by atoms with Crippen LogP contribution in [0.5, 0.6) is 0 Å². The lowest BCUT2D eigenvalue weighted by molar-refractivity contribution is 0.865. The molecule has 0 unspecified atom stereocenters. The highest BCUT2D eigenvalue weighted by atomic mass is 14.9. The smallest absolute Gasteiger partial charge is 0.0637 e. The first kappa shape index (κ1) is 13.7. The largest absolute Gasteiger partial charge is 0.249 e. The zero-order valence-corrected chi connectivity index (χ0v) is 12.2. The van der Waals surface area contributed by atoms with E-state index in [0.29, 0.717) is 11.8 Å². The molecular formula is C18H22N. The molecule has 0 saturated carbocycles. The Morgan fingerprint density at radius 3 is 1.16 bits per heavy atom. The molecule has 0 aromatic heterocycles. The van der Waals surface area contributed by atoms with E-state index in [0.717, 1.165) is 11.4 Å². The lowest BCUT2D eigenvalue weighted by atomic mass is 10.0. The van der Waals surface area contributed by atoms with Crippen LogP contribution in [0.4, 0.5) is 11.4 Å². The number of benzene rings is 2. The Bertz CT molecular complexity index is 457. The van der Waals surface area contributed by atoms with Crippen LogP contribution in [0.1, 0.15) is 50.7 Å². The second-order valence-electron chi connectivity index (χ2n) is 5.60. The number of hydrogen-bond donors (Lipinski definition) is 0. The molecule has 0 aliphatic rings. The minimum atomic E-state index is 0.569. The van der Waals surface area contributed by atoms with Gasteiger partial charge in [0.15, 0.2) is 0 Å². The molecule has 2 aromatic carbocycles. The van der Waals surface area contributed by atoms with Gasteiger partial charge < -0.3 is 0 Å². The van der Waals surface area contributed by atoms with E-state index >= 15 is 0 Å².